The summed E-state index contributed by atoms with van der Waals surface area (Å²) in [6.07, 6.45) is -1.75. The lowest BCUT2D eigenvalue weighted by Gasteiger charge is -2.48. The number of nitrogens with two attached hydrogens (primary N) is 1. The van der Waals surface area contributed by atoms with Crippen molar-refractivity contribution in [2.24, 2.45) is 5.73 Å². The molecule has 1 aromatic carbocycles. The van der Waals surface area contributed by atoms with Crippen LogP contribution in [0, 0.1) is 11.3 Å². The predicted molar refractivity (Wildman–Crippen MR) is 97.8 cm³/mol. The van der Waals surface area contributed by atoms with Crippen LogP contribution in [0.2, 0.25) is 0 Å². The lowest BCUT2D eigenvalue weighted by molar-refractivity contribution is -0.164. The Balaban J connectivity index is 2.74. The lowest BCUT2D eigenvalue weighted by Crippen LogP contribution is -2.61. The minimum Gasteiger partial charge on any atom is -0.484 e. The van der Waals surface area contributed by atoms with Crippen molar-refractivity contribution in [2.75, 3.05) is 14.1 Å². The fourth-order valence-electron chi connectivity index (χ4n) is 3.17. The van der Waals surface area contributed by atoms with E-state index in [9.17, 15) is 19.6 Å². The van der Waals surface area contributed by atoms with Gasteiger partial charge in [0.05, 0.1) is 11.6 Å². The molecule has 10 heteroatoms. The smallest absolute Gasteiger partial charge is 0.407 e. The molecule has 0 radical (unpaired) electrons. The summed E-state index contributed by atoms with van der Waals surface area (Å²) >= 11 is 0. The first-order valence-electron chi connectivity index (χ1n) is 8.47. The average Bonchev–Trinajstić information content (AvgIpc) is 2.62. The van der Waals surface area contributed by atoms with Crippen LogP contribution in [0.15, 0.2) is 18.2 Å². The molecule has 0 aromatic heterocycles. The standard InChI is InChI=1S/C18H23N5O5/c1-10(24)23(22(5)16(20)25)14-12-8-11(9-19)6-7-13(12)28-18(2,3)15(14)27-17(26)21-4/h6-8,14-15H,1-5H3,(H2,20,25)(H,21,26)/t14-,15+/m0/s1. The number of benzene rings is 1. The van der Waals surface area contributed by atoms with E-state index in [4.69, 9.17) is 15.2 Å². The average molecular weight is 389 g/mol. The van der Waals surface area contributed by atoms with Crippen molar-refractivity contribution in [2.45, 2.75) is 38.5 Å². The van der Waals surface area contributed by atoms with Gasteiger partial charge in [0.2, 0.25) is 5.91 Å². The number of fused-ring (bicyclic) bond motifs is 1. The van der Waals surface area contributed by atoms with Gasteiger partial charge >= 0.3 is 12.1 Å². The van der Waals surface area contributed by atoms with Crippen LogP contribution in [0.1, 0.15) is 37.9 Å². The zero-order chi connectivity index (χ0) is 21.2. The van der Waals surface area contributed by atoms with Crippen molar-refractivity contribution < 1.29 is 23.9 Å². The Morgan fingerprint density at radius 1 is 1.36 bits per heavy atom. The van der Waals surface area contributed by atoms with Gasteiger partial charge in [0, 0.05) is 26.6 Å². The van der Waals surface area contributed by atoms with Crippen molar-refractivity contribution in [3.63, 3.8) is 0 Å². The summed E-state index contributed by atoms with van der Waals surface area (Å²) in [5.41, 5.74) is 5.05. The maximum atomic E-state index is 12.5. The Hall–Kier alpha value is -3.48. The van der Waals surface area contributed by atoms with Gasteiger partial charge < -0.3 is 20.5 Å². The normalized spacial score (nSPS) is 19.3. The van der Waals surface area contributed by atoms with Crippen LogP contribution in [0.5, 0.6) is 5.75 Å². The fraction of sp³-hybridized carbons (Fsp3) is 0.444. The van der Waals surface area contributed by atoms with Crippen LogP contribution in [-0.4, -0.2) is 53.8 Å². The van der Waals surface area contributed by atoms with Crippen molar-refractivity contribution in [3.05, 3.63) is 29.3 Å². The zero-order valence-electron chi connectivity index (χ0n) is 16.3. The molecule has 0 unspecified atom stereocenters. The second-order valence-corrected chi connectivity index (χ2v) is 6.82. The first-order chi connectivity index (χ1) is 13.0. The summed E-state index contributed by atoms with van der Waals surface area (Å²) in [7, 11) is 2.73. The van der Waals surface area contributed by atoms with Crippen LogP contribution < -0.4 is 15.8 Å². The molecule has 4 amide bonds. The molecule has 1 heterocycles. The number of primary amides is 1. The number of nitrogens with zero attached hydrogens (tertiary/aromatic N) is 3. The molecule has 28 heavy (non-hydrogen) atoms. The van der Waals surface area contributed by atoms with Gasteiger partial charge in [0.1, 0.15) is 17.4 Å². The van der Waals surface area contributed by atoms with Crippen molar-refractivity contribution in [3.8, 4) is 11.8 Å². The number of hydrazine groups is 1. The highest BCUT2D eigenvalue weighted by atomic mass is 16.6. The number of amides is 4. The molecule has 0 saturated carbocycles. The molecule has 2 atom stereocenters. The van der Waals surface area contributed by atoms with Gasteiger partial charge in [0.15, 0.2) is 6.10 Å². The van der Waals surface area contributed by atoms with Crippen molar-refractivity contribution in [1.29, 1.82) is 5.26 Å². The summed E-state index contributed by atoms with van der Waals surface area (Å²) in [6.45, 7) is 4.64. The number of nitrogens with one attached hydrogen (secondary N) is 1. The second-order valence-electron chi connectivity index (χ2n) is 6.82. The van der Waals surface area contributed by atoms with Gasteiger partial charge in [-0.15, -0.1) is 0 Å². The first-order valence-corrected chi connectivity index (χ1v) is 8.47. The number of ether oxygens (including phenoxy) is 2. The Morgan fingerprint density at radius 3 is 2.50 bits per heavy atom. The molecule has 1 aromatic rings. The van der Waals surface area contributed by atoms with E-state index in [1.807, 2.05) is 6.07 Å². The third kappa shape index (κ3) is 3.78. The van der Waals surface area contributed by atoms with Gasteiger partial charge in [0.25, 0.3) is 0 Å². The largest absolute Gasteiger partial charge is 0.484 e. The second kappa shape index (κ2) is 7.64. The van der Waals surface area contributed by atoms with E-state index in [1.54, 1.807) is 26.0 Å². The molecule has 10 nitrogen and oxygen atoms in total. The molecule has 0 fully saturated rings. The molecule has 0 aliphatic carbocycles. The summed E-state index contributed by atoms with van der Waals surface area (Å²) in [6, 6.07) is 4.88. The quantitative estimate of drug-likeness (QED) is 0.731. The number of rotatable bonds is 2. The summed E-state index contributed by atoms with van der Waals surface area (Å²) in [5.74, 6) is -0.113. The highest BCUT2D eigenvalue weighted by Crippen LogP contribution is 2.45. The van der Waals surface area contributed by atoms with Crippen LogP contribution in [0.25, 0.3) is 0 Å². The molecular formula is C18H23N5O5. The number of carbonyl (C=O) groups is 3. The molecule has 0 spiro atoms. The highest BCUT2D eigenvalue weighted by molar-refractivity contribution is 5.79. The molecule has 1 aliphatic rings. The molecule has 2 rings (SSSR count). The maximum absolute atomic E-state index is 12.5. The number of alkyl carbamates (subject to hydrolysis) is 1. The summed E-state index contributed by atoms with van der Waals surface area (Å²) in [4.78, 5) is 36.3. The van der Waals surface area contributed by atoms with Gasteiger partial charge in [-0.1, -0.05) is 0 Å². The van der Waals surface area contributed by atoms with E-state index in [0.29, 0.717) is 16.9 Å². The van der Waals surface area contributed by atoms with Crippen molar-refractivity contribution in [1.82, 2.24) is 15.3 Å². The van der Waals surface area contributed by atoms with E-state index >= 15 is 0 Å². The number of carbonyl (C=O) groups excluding carboxylic acids is 3. The van der Waals surface area contributed by atoms with Gasteiger partial charge in [-0.05, 0) is 32.0 Å². The molecule has 0 saturated heterocycles. The van der Waals surface area contributed by atoms with Gasteiger partial charge in [-0.2, -0.15) is 5.26 Å². The van der Waals surface area contributed by atoms with Gasteiger partial charge in [-0.25, -0.2) is 19.6 Å². The minimum atomic E-state index is -1.06. The van der Waals surface area contributed by atoms with E-state index in [1.165, 1.54) is 27.1 Å². The van der Waals surface area contributed by atoms with E-state index in [-0.39, 0.29) is 0 Å². The summed E-state index contributed by atoms with van der Waals surface area (Å²) < 4.78 is 11.5. The molecule has 3 N–H and O–H groups in total. The van der Waals surface area contributed by atoms with E-state index in [2.05, 4.69) is 5.32 Å². The topological polar surface area (TPSA) is 138 Å². The monoisotopic (exact) mass is 389 g/mol. The summed E-state index contributed by atoms with van der Waals surface area (Å²) in [5, 5.41) is 13.7. The number of hydrogen-bond donors (Lipinski definition) is 2. The number of hydrogen-bond acceptors (Lipinski definition) is 6. The number of urea groups is 1. The maximum Gasteiger partial charge on any atom is 0.407 e. The third-order valence-electron chi connectivity index (χ3n) is 4.47. The molecule has 0 bridgehead atoms. The molecule has 1 aliphatic heterocycles. The fourth-order valence-corrected chi connectivity index (χ4v) is 3.17. The van der Waals surface area contributed by atoms with Crippen LogP contribution in [-0.2, 0) is 9.53 Å². The first kappa shape index (κ1) is 20.8. The van der Waals surface area contributed by atoms with Crippen LogP contribution in [0.4, 0.5) is 9.59 Å². The Kier molecular flexibility index (Phi) is 5.68. The lowest BCUT2D eigenvalue weighted by atomic mass is 9.85. The van der Waals surface area contributed by atoms with Crippen molar-refractivity contribution >= 4 is 18.0 Å². The predicted octanol–water partition coefficient (Wildman–Crippen LogP) is 1.27. The number of nitriles is 1. The Bertz CT molecular complexity index is 847. The molecular weight excluding hydrogens is 366 g/mol. The van der Waals surface area contributed by atoms with E-state index < -0.39 is 35.8 Å². The Morgan fingerprint density at radius 2 is 2.00 bits per heavy atom. The van der Waals surface area contributed by atoms with Crippen LogP contribution in [0.3, 0.4) is 0 Å². The van der Waals surface area contributed by atoms with E-state index in [0.717, 1.165) is 10.0 Å². The van der Waals surface area contributed by atoms with Crippen LogP contribution >= 0.6 is 0 Å². The third-order valence-corrected chi connectivity index (χ3v) is 4.47. The Labute approximate surface area is 162 Å². The SMILES string of the molecule is CNC(=O)O[C@@H]1[C@@H](N(C(C)=O)N(C)C(N)=O)c2cc(C#N)ccc2OC1(C)C. The molecule has 150 valence electrons. The van der Waals surface area contributed by atoms with Gasteiger partial charge in [-0.3, -0.25) is 4.79 Å². The zero-order valence-corrected chi connectivity index (χ0v) is 16.3. The minimum absolute atomic E-state index is 0.316. The highest BCUT2D eigenvalue weighted by Gasteiger charge is 2.51.